The van der Waals surface area contributed by atoms with E-state index in [4.69, 9.17) is 44.8 Å². The summed E-state index contributed by atoms with van der Waals surface area (Å²) >= 11 is 17.5. The van der Waals surface area contributed by atoms with Gasteiger partial charge in [0, 0.05) is 15.1 Å². The van der Waals surface area contributed by atoms with Gasteiger partial charge in [0.2, 0.25) is 0 Å². The second-order valence-electron chi connectivity index (χ2n) is 3.46. The van der Waals surface area contributed by atoms with E-state index in [0.29, 0.717) is 32.1 Å². The molecule has 2 rings (SSSR count). The van der Waals surface area contributed by atoms with E-state index < -0.39 is 0 Å². The Morgan fingerprint density at radius 1 is 0.889 bits per heavy atom. The summed E-state index contributed by atoms with van der Waals surface area (Å²) in [4.78, 5) is 0. The molecule has 0 heterocycles. The van der Waals surface area contributed by atoms with E-state index in [-0.39, 0.29) is 0 Å². The number of hydrogen-bond donors (Lipinski definition) is 0. The summed E-state index contributed by atoms with van der Waals surface area (Å²) < 4.78 is 5.57. The molecule has 0 aromatic heterocycles. The maximum Gasteiger partial charge on any atom is 0.145 e. The van der Waals surface area contributed by atoms with Crippen molar-refractivity contribution in [3.8, 4) is 17.6 Å². The van der Waals surface area contributed by atoms with Crippen molar-refractivity contribution in [2.75, 3.05) is 0 Å². The van der Waals surface area contributed by atoms with Crippen LogP contribution in [0.2, 0.25) is 15.1 Å². The van der Waals surface area contributed by atoms with Crippen LogP contribution in [0.4, 0.5) is 0 Å². The molecule has 2 aromatic carbocycles. The van der Waals surface area contributed by atoms with Crippen molar-refractivity contribution in [1.82, 2.24) is 0 Å². The first kappa shape index (κ1) is 13.0. The lowest BCUT2D eigenvalue weighted by Crippen LogP contribution is -1.88. The van der Waals surface area contributed by atoms with Crippen molar-refractivity contribution in [2.24, 2.45) is 0 Å². The molecule has 0 aliphatic heterocycles. The highest BCUT2D eigenvalue weighted by molar-refractivity contribution is 6.34. The summed E-state index contributed by atoms with van der Waals surface area (Å²) in [5.41, 5.74) is 0.346. The van der Waals surface area contributed by atoms with Gasteiger partial charge in [0.1, 0.15) is 17.6 Å². The summed E-state index contributed by atoms with van der Waals surface area (Å²) in [6.45, 7) is 0. The van der Waals surface area contributed by atoms with Gasteiger partial charge >= 0.3 is 0 Å². The van der Waals surface area contributed by atoms with Crippen LogP contribution in [0.15, 0.2) is 36.4 Å². The minimum atomic E-state index is 0.346. The van der Waals surface area contributed by atoms with Crippen molar-refractivity contribution >= 4 is 34.8 Å². The van der Waals surface area contributed by atoms with Crippen molar-refractivity contribution < 1.29 is 4.74 Å². The summed E-state index contributed by atoms with van der Waals surface area (Å²) in [5, 5.41) is 10.4. The van der Waals surface area contributed by atoms with Gasteiger partial charge < -0.3 is 4.74 Å². The second-order valence-corrected chi connectivity index (χ2v) is 4.77. The summed E-state index contributed by atoms with van der Waals surface area (Å²) in [6.07, 6.45) is 0. The Labute approximate surface area is 119 Å². The molecule has 2 aromatic rings. The molecule has 0 saturated carbocycles. The van der Waals surface area contributed by atoms with Crippen LogP contribution in [0.5, 0.6) is 11.5 Å². The molecule has 0 aliphatic rings. The Bertz CT molecular complexity index is 614. The van der Waals surface area contributed by atoms with Gasteiger partial charge in [-0.3, -0.25) is 0 Å². The molecule has 90 valence electrons. The number of nitriles is 1. The van der Waals surface area contributed by atoms with Gasteiger partial charge in [0.15, 0.2) is 0 Å². The first-order valence-corrected chi connectivity index (χ1v) is 6.05. The number of ether oxygens (including phenoxy) is 1. The fraction of sp³-hybridized carbons (Fsp3) is 0. The Kier molecular flexibility index (Phi) is 3.98. The molecule has 0 spiro atoms. The Balaban J connectivity index is 2.37. The molecule has 0 radical (unpaired) electrons. The maximum atomic E-state index is 8.99. The highest BCUT2D eigenvalue weighted by Crippen LogP contribution is 2.31. The van der Waals surface area contributed by atoms with E-state index in [2.05, 4.69) is 0 Å². The average Bonchev–Trinajstić information content (AvgIpc) is 2.30. The smallest absolute Gasteiger partial charge is 0.145 e. The summed E-state index contributed by atoms with van der Waals surface area (Å²) in [7, 11) is 0. The molecule has 5 heteroatoms. The molecular weight excluding hydrogens is 293 g/mol. The van der Waals surface area contributed by atoms with Gasteiger partial charge in [0.05, 0.1) is 5.56 Å². The lowest BCUT2D eigenvalue weighted by Gasteiger charge is -2.08. The van der Waals surface area contributed by atoms with E-state index in [9.17, 15) is 0 Å². The van der Waals surface area contributed by atoms with Crippen LogP contribution < -0.4 is 4.74 Å². The van der Waals surface area contributed by atoms with Crippen LogP contribution >= 0.6 is 34.8 Å². The topological polar surface area (TPSA) is 33.0 Å². The largest absolute Gasteiger partial charge is 0.456 e. The Morgan fingerprint density at radius 3 is 2.17 bits per heavy atom. The molecule has 0 atom stereocenters. The highest BCUT2D eigenvalue weighted by Gasteiger charge is 2.07. The molecule has 0 fully saturated rings. The lowest BCUT2D eigenvalue weighted by atomic mass is 10.2. The summed E-state index contributed by atoms with van der Waals surface area (Å²) in [6, 6.07) is 11.6. The zero-order chi connectivity index (χ0) is 13.1. The standard InChI is InChI=1S/C13H6Cl3NO/c14-9-1-2-13(8(3-9)7-17)18-12-5-10(15)4-11(16)6-12/h1-6H. The zero-order valence-corrected chi connectivity index (χ0v) is 11.2. The average molecular weight is 299 g/mol. The van der Waals surface area contributed by atoms with Crippen LogP contribution in [0, 0.1) is 11.3 Å². The number of rotatable bonds is 2. The van der Waals surface area contributed by atoms with Gasteiger partial charge in [-0.25, -0.2) is 0 Å². The van der Waals surface area contributed by atoms with Gasteiger partial charge in [-0.1, -0.05) is 34.8 Å². The van der Waals surface area contributed by atoms with Crippen LogP contribution in [-0.4, -0.2) is 0 Å². The SMILES string of the molecule is N#Cc1cc(Cl)ccc1Oc1cc(Cl)cc(Cl)c1. The molecule has 0 aliphatic carbocycles. The third kappa shape index (κ3) is 3.08. The Morgan fingerprint density at radius 2 is 1.56 bits per heavy atom. The number of hydrogen-bond acceptors (Lipinski definition) is 2. The third-order valence-corrected chi connectivity index (χ3v) is 2.80. The molecule has 18 heavy (non-hydrogen) atoms. The fourth-order valence-electron chi connectivity index (χ4n) is 1.39. The van der Waals surface area contributed by atoms with Gasteiger partial charge in [-0.2, -0.15) is 5.26 Å². The van der Waals surface area contributed by atoms with Gasteiger partial charge in [-0.15, -0.1) is 0 Å². The van der Waals surface area contributed by atoms with Crippen molar-refractivity contribution in [1.29, 1.82) is 5.26 Å². The fourth-order valence-corrected chi connectivity index (χ4v) is 2.07. The van der Waals surface area contributed by atoms with Crippen molar-refractivity contribution in [2.45, 2.75) is 0 Å². The third-order valence-electron chi connectivity index (χ3n) is 2.13. The predicted molar refractivity (Wildman–Crippen MR) is 72.7 cm³/mol. The summed E-state index contributed by atoms with van der Waals surface area (Å²) in [5.74, 6) is 0.867. The molecule has 2 nitrogen and oxygen atoms in total. The minimum absolute atomic E-state index is 0.346. The van der Waals surface area contributed by atoms with Gasteiger partial charge in [0.25, 0.3) is 0 Å². The molecular formula is C13H6Cl3NO. The quantitative estimate of drug-likeness (QED) is 0.752. The number of benzene rings is 2. The first-order chi connectivity index (χ1) is 8.58. The van der Waals surface area contributed by atoms with Crippen molar-refractivity contribution in [3.63, 3.8) is 0 Å². The predicted octanol–water partition coefficient (Wildman–Crippen LogP) is 5.31. The maximum absolute atomic E-state index is 8.99. The van der Waals surface area contributed by atoms with Gasteiger partial charge in [-0.05, 0) is 36.4 Å². The van der Waals surface area contributed by atoms with E-state index >= 15 is 0 Å². The normalized spacial score (nSPS) is 9.89. The van der Waals surface area contributed by atoms with E-state index in [1.165, 1.54) is 6.07 Å². The van der Waals surface area contributed by atoms with Crippen LogP contribution in [0.25, 0.3) is 0 Å². The van der Waals surface area contributed by atoms with E-state index in [1.54, 1.807) is 30.3 Å². The second kappa shape index (κ2) is 5.49. The first-order valence-electron chi connectivity index (χ1n) is 4.92. The van der Waals surface area contributed by atoms with E-state index in [1.807, 2.05) is 6.07 Å². The minimum Gasteiger partial charge on any atom is -0.456 e. The van der Waals surface area contributed by atoms with Crippen LogP contribution in [0.1, 0.15) is 5.56 Å². The van der Waals surface area contributed by atoms with Crippen LogP contribution in [-0.2, 0) is 0 Å². The molecule has 0 amide bonds. The highest BCUT2D eigenvalue weighted by atomic mass is 35.5. The molecule has 0 bridgehead atoms. The van der Waals surface area contributed by atoms with Crippen LogP contribution in [0.3, 0.4) is 0 Å². The van der Waals surface area contributed by atoms with E-state index in [0.717, 1.165) is 0 Å². The van der Waals surface area contributed by atoms with Crippen molar-refractivity contribution in [3.05, 3.63) is 57.0 Å². The molecule has 0 unspecified atom stereocenters. The Hall–Kier alpha value is -1.40. The number of nitrogens with zero attached hydrogens (tertiary/aromatic N) is 1. The molecule has 0 saturated heterocycles. The molecule has 0 N–H and O–H groups in total. The zero-order valence-electron chi connectivity index (χ0n) is 8.95. The number of halogens is 3. The monoisotopic (exact) mass is 297 g/mol. The lowest BCUT2D eigenvalue weighted by molar-refractivity contribution is 0.481.